The molecule has 0 aliphatic heterocycles. The van der Waals surface area contributed by atoms with E-state index in [0.29, 0.717) is 13.0 Å². The van der Waals surface area contributed by atoms with Crippen LogP contribution in [-0.4, -0.2) is 57.1 Å². The molecule has 0 saturated heterocycles. The third-order valence-corrected chi connectivity index (χ3v) is 2.21. The molecule has 1 rings (SSSR count). The molecule has 1 aromatic heterocycles. The normalized spacial score (nSPS) is 14.3. The smallest absolute Gasteiger partial charge is 0.241 e. The molecule has 2 N–H and O–H groups in total. The monoisotopic (exact) mass is 243 g/mol. The number of aliphatic hydroxyl groups is 1. The van der Waals surface area contributed by atoms with Crippen LogP contribution < -0.4 is 5.32 Å². The van der Waals surface area contributed by atoms with E-state index in [1.54, 1.807) is 14.0 Å². The summed E-state index contributed by atoms with van der Waals surface area (Å²) in [6.07, 6.45) is 1.80. The fourth-order valence-corrected chi connectivity index (χ4v) is 1.16. The number of methoxy groups -OCH3 is 1. The Bertz CT molecular complexity index is 338. The molecule has 1 atom stereocenters. The van der Waals surface area contributed by atoms with Gasteiger partial charge in [0.1, 0.15) is 12.9 Å². The Morgan fingerprint density at radius 1 is 1.65 bits per heavy atom. The zero-order valence-corrected chi connectivity index (χ0v) is 9.96. The molecule has 0 aliphatic rings. The largest absolute Gasteiger partial charge is 0.388 e. The van der Waals surface area contributed by atoms with Crippen LogP contribution in [0.5, 0.6) is 0 Å². The molecule has 17 heavy (non-hydrogen) atoms. The van der Waals surface area contributed by atoms with Crippen LogP contribution in [0.1, 0.15) is 13.3 Å². The Balaban J connectivity index is 2.27. The van der Waals surface area contributed by atoms with Crippen LogP contribution in [0.15, 0.2) is 6.33 Å². The highest BCUT2D eigenvalue weighted by molar-refractivity contribution is 5.75. The Kier molecular flexibility index (Phi) is 4.98. The minimum atomic E-state index is -0.980. The summed E-state index contributed by atoms with van der Waals surface area (Å²) in [7, 11) is 1.56. The molecule has 1 amide bonds. The highest BCUT2D eigenvalue weighted by Crippen LogP contribution is 2.07. The first-order chi connectivity index (χ1) is 8.03. The molecule has 0 bridgehead atoms. The summed E-state index contributed by atoms with van der Waals surface area (Å²) in [5.41, 5.74) is -0.980. The number of ether oxygens (including phenoxy) is 1. The van der Waals surface area contributed by atoms with Gasteiger partial charge in [0.2, 0.25) is 5.91 Å². The molecule has 8 heteroatoms. The van der Waals surface area contributed by atoms with Crippen LogP contribution >= 0.6 is 0 Å². The van der Waals surface area contributed by atoms with Crippen molar-refractivity contribution in [2.24, 2.45) is 0 Å². The lowest BCUT2D eigenvalue weighted by molar-refractivity contribution is -0.123. The molecule has 0 aromatic carbocycles. The van der Waals surface area contributed by atoms with Crippen molar-refractivity contribution in [1.82, 2.24) is 25.5 Å². The second kappa shape index (κ2) is 6.26. The van der Waals surface area contributed by atoms with Gasteiger partial charge in [0, 0.05) is 26.7 Å². The fourth-order valence-electron chi connectivity index (χ4n) is 1.16. The molecule has 8 nitrogen and oxygen atoms in total. The minimum Gasteiger partial charge on any atom is -0.388 e. The lowest BCUT2D eigenvalue weighted by Gasteiger charge is -2.23. The van der Waals surface area contributed by atoms with Gasteiger partial charge in [0.05, 0.1) is 5.60 Å². The number of nitrogens with one attached hydrogen (secondary N) is 1. The summed E-state index contributed by atoms with van der Waals surface area (Å²) in [5, 5.41) is 22.9. The summed E-state index contributed by atoms with van der Waals surface area (Å²) in [6, 6.07) is 0. The van der Waals surface area contributed by atoms with Crippen molar-refractivity contribution in [2.45, 2.75) is 25.5 Å². The van der Waals surface area contributed by atoms with Crippen LogP contribution in [0.4, 0.5) is 0 Å². The van der Waals surface area contributed by atoms with Gasteiger partial charge in [-0.3, -0.25) is 4.79 Å². The molecule has 0 spiro atoms. The first kappa shape index (κ1) is 13.5. The summed E-state index contributed by atoms with van der Waals surface area (Å²) in [6.45, 7) is 2.28. The van der Waals surface area contributed by atoms with E-state index in [-0.39, 0.29) is 19.0 Å². The minimum absolute atomic E-state index is 0.0351. The van der Waals surface area contributed by atoms with E-state index in [0.717, 1.165) is 0 Å². The zero-order chi connectivity index (χ0) is 12.7. The van der Waals surface area contributed by atoms with E-state index in [1.165, 1.54) is 11.0 Å². The van der Waals surface area contributed by atoms with Crippen molar-refractivity contribution in [3.05, 3.63) is 6.33 Å². The number of carbonyl (C=O) groups is 1. The lowest BCUT2D eigenvalue weighted by atomic mass is 10.0. The van der Waals surface area contributed by atoms with Crippen molar-refractivity contribution in [1.29, 1.82) is 0 Å². The van der Waals surface area contributed by atoms with Crippen molar-refractivity contribution in [3.8, 4) is 0 Å². The van der Waals surface area contributed by atoms with Crippen molar-refractivity contribution in [3.63, 3.8) is 0 Å². The quantitative estimate of drug-likeness (QED) is 0.609. The Hall–Kier alpha value is -1.54. The maximum absolute atomic E-state index is 11.5. The first-order valence-electron chi connectivity index (χ1n) is 5.22. The van der Waals surface area contributed by atoms with E-state index in [1.807, 2.05) is 0 Å². The van der Waals surface area contributed by atoms with Gasteiger partial charge in [-0.05, 0) is 17.4 Å². The maximum atomic E-state index is 11.5. The standard InChI is InChI=1S/C9H17N5O3/c1-9(16,3-4-17-2)6-10-8(15)5-14-7-11-12-13-14/h7,16H,3-6H2,1-2H3,(H,10,15). The Morgan fingerprint density at radius 2 is 2.41 bits per heavy atom. The van der Waals surface area contributed by atoms with E-state index >= 15 is 0 Å². The zero-order valence-electron chi connectivity index (χ0n) is 9.96. The number of carbonyl (C=O) groups excluding carboxylic acids is 1. The van der Waals surface area contributed by atoms with Crippen molar-refractivity contribution >= 4 is 5.91 Å². The van der Waals surface area contributed by atoms with E-state index in [9.17, 15) is 9.90 Å². The van der Waals surface area contributed by atoms with Gasteiger partial charge < -0.3 is 15.2 Å². The highest BCUT2D eigenvalue weighted by Gasteiger charge is 2.20. The molecular formula is C9H17N5O3. The molecule has 1 unspecified atom stereocenters. The second-order valence-corrected chi connectivity index (χ2v) is 4.02. The van der Waals surface area contributed by atoms with E-state index < -0.39 is 5.60 Å². The topological polar surface area (TPSA) is 102 Å². The maximum Gasteiger partial charge on any atom is 0.241 e. The van der Waals surface area contributed by atoms with Gasteiger partial charge in [-0.1, -0.05) is 0 Å². The van der Waals surface area contributed by atoms with Crippen molar-refractivity contribution in [2.75, 3.05) is 20.3 Å². The van der Waals surface area contributed by atoms with Gasteiger partial charge >= 0.3 is 0 Å². The molecule has 0 radical (unpaired) electrons. The number of rotatable bonds is 7. The summed E-state index contributed by atoms with van der Waals surface area (Å²) in [5.74, 6) is -0.255. The number of hydrogen-bond acceptors (Lipinski definition) is 6. The first-order valence-corrected chi connectivity index (χ1v) is 5.22. The van der Waals surface area contributed by atoms with Crippen LogP contribution in [-0.2, 0) is 16.1 Å². The molecule has 1 aromatic rings. The Labute approximate surface area is 99.0 Å². The summed E-state index contributed by atoms with van der Waals surface area (Å²) < 4.78 is 6.17. The highest BCUT2D eigenvalue weighted by atomic mass is 16.5. The SMILES string of the molecule is COCCC(C)(O)CNC(=O)Cn1cnnn1. The van der Waals surface area contributed by atoms with Crippen LogP contribution in [0, 0.1) is 0 Å². The van der Waals surface area contributed by atoms with Crippen LogP contribution in [0.2, 0.25) is 0 Å². The predicted molar refractivity (Wildman–Crippen MR) is 57.9 cm³/mol. The number of aromatic nitrogens is 4. The predicted octanol–water partition coefficient (Wildman–Crippen LogP) is -1.42. The van der Waals surface area contributed by atoms with Crippen LogP contribution in [0.25, 0.3) is 0 Å². The van der Waals surface area contributed by atoms with Gasteiger partial charge in [-0.25, -0.2) is 4.68 Å². The van der Waals surface area contributed by atoms with E-state index in [4.69, 9.17) is 4.74 Å². The molecule has 0 saturated carbocycles. The number of hydrogen-bond donors (Lipinski definition) is 2. The molecule has 96 valence electrons. The molecule has 1 heterocycles. The van der Waals surface area contributed by atoms with Gasteiger partial charge in [0.25, 0.3) is 0 Å². The number of nitrogens with zero attached hydrogens (tertiary/aromatic N) is 4. The second-order valence-electron chi connectivity index (χ2n) is 4.02. The summed E-state index contributed by atoms with van der Waals surface area (Å²) >= 11 is 0. The van der Waals surface area contributed by atoms with Gasteiger partial charge in [0.15, 0.2) is 0 Å². The van der Waals surface area contributed by atoms with Crippen LogP contribution in [0.3, 0.4) is 0 Å². The van der Waals surface area contributed by atoms with Gasteiger partial charge in [-0.2, -0.15) is 0 Å². The average molecular weight is 243 g/mol. The summed E-state index contributed by atoms with van der Waals surface area (Å²) in [4.78, 5) is 11.5. The third kappa shape index (κ3) is 5.36. The Morgan fingerprint density at radius 3 is 3.00 bits per heavy atom. The fraction of sp³-hybridized carbons (Fsp3) is 0.778. The lowest BCUT2D eigenvalue weighted by Crippen LogP contribution is -2.42. The number of tetrazole rings is 1. The third-order valence-electron chi connectivity index (χ3n) is 2.21. The van der Waals surface area contributed by atoms with Crippen molar-refractivity contribution < 1.29 is 14.6 Å². The molecule has 0 aliphatic carbocycles. The number of amides is 1. The molecule has 0 fully saturated rings. The van der Waals surface area contributed by atoms with E-state index in [2.05, 4.69) is 20.8 Å². The average Bonchev–Trinajstić information content (AvgIpc) is 2.77. The molecular weight excluding hydrogens is 226 g/mol. The van der Waals surface area contributed by atoms with Gasteiger partial charge in [-0.15, -0.1) is 5.10 Å².